The third-order valence-corrected chi connectivity index (χ3v) is 3.25. The van der Waals surface area contributed by atoms with E-state index in [1.54, 1.807) is 31.2 Å². The fraction of sp³-hybridized carbons (Fsp3) is 0.188. The van der Waals surface area contributed by atoms with Gasteiger partial charge in [-0.05, 0) is 49.2 Å². The SMILES string of the molecule is Cc1ccc(C(C)Nc2ccc(C#N)c(N)c2)cc1F. The molecule has 3 nitrogen and oxygen atoms in total. The third-order valence-electron chi connectivity index (χ3n) is 3.25. The number of nitrogens with one attached hydrogen (secondary N) is 1. The van der Waals surface area contributed by atoms with Crippen molar-refractivity contribution in [3.05, 3.63) is 58.9 Å². The maximum absolute atomic E-state index is 13.6. The second kappa shape index (κ2) is 5.62. The Labute approximate surface area is 117 Å². The van der Waals surface area contributed by atoms with Crippen molar-refractivity contribution in [1.29, 1.82) is 5.26 Å². The lowest BCUT2D eigenvalue weighted by Crippen LogP contribution is -2.07. The summed E-state index contributed by atoms with van der Waals surface area (Å²) in [6.07, 6.45) is 0. The number of nitrogens with zero attached hydrogens (tertiary/aromatic N) is 1. The van der Waals surface area contributed by atoms with Crippen LogP contribution in [0.1, 0.15) is 29.7 Å². The van der Waals surface area contributed by atoms with E-state index in [0.29, 0.717) is 16.8 Å². The molecule has 0 saturated carbocycles. The summed E-state index contributed by atoms with van der Waals surface area (Å²) in [5, 5.41) is 12.1. The Hall–Kier alpha value is -2.54. The Kier molecular flexibility index (Phi) is 3.90. The van der Waals surface area contributed by atoms with Gasteiger partial charge in [-0.15, -0.1) is 0 Å². The first kappa shape index (κ1) is 13.9. The monoisotopic (exact) mass is 269 g/mol. The Morgan fingerprint density at radius 1 is 1.25 bits per heavy atom. The number of benzene rings is 2. The van der Waals surface area contributed by atoms with Crippen molar-refractivity contribution in [2.45, 2.75) is 19.9 Å². The summed E-state index contributed by atoms with van der Waals surface area (Å²) < 4.78 is 13.6. The van der Waals surface area contributed by atoms with Gasteiger partial charge in [-0.2, -0.15) is 5.26 Å². The normalized spacial score (nSPS) is 11.7. The molecule has 4 heteroatoms. The zero-order valence-corrected chi connectivity index (χ0v) is 11.4. The average Bonchev–Trinajstić information content (AvgIpc) is 2.42. The number of halogens is 1. The molecule has 0 aliphatic carbocycles. The summed E-state index contributed by atoms with van der Waals surface area (Å²) in [6, 6.07) is 12.3. The van der Waals surface area contributed by atoms with Crippen molar-refractivity contribution >= 4 is 11.4 Å². The summed E-state index contributed by atoms with van der Waals surface area (Å²) in [5.74, 6) is -0.213. The average molecular weight is 269 g/mol. The molecule has 0 fully saturated rings. The summed E-state index contributed by atoms with van der Waals surface area (Å²) in [6.45, 7) is 3.68. The molecule has 0 bridgehead atoms. The largest absolute Gasteiger partial charge is 0.398 e. The number of hydrogen-bond donors (Lipinski definition) is 2. The molecule has 0 amide bonds. The molecule has 0 aliphatic rings. The van der Waals surface area contributed by atoms with Crippen LogP contribution >= 0.6 is 0 Å². The maximum atomic E-state index is 13.6. The van der Waals surface area contributed by atoms with E-state index in [2.05, 4.69) is 5.32 Å². The zero-order valence-electron chi connectivity index (χ0n) is 11.4. The minimum atomic E-state index is -0.213. The van der Waals surface area contributed by atoms with Gasteiger partial charge in [0.15, 0.2) is 0 Å². The lowest BCUT2D eigenvalue weighted by atomic mass is 10.1. The Morgan fingerprint density at radius 2 is 2.00 bits per heavy atom. The van der Waals surface area contributed by atoms with Crippen LogP contribution in [0.25, 0.3) is 0 Å². The summed E-state index contributed by atoms with van der Waals surface area (Å²) in [5.41, 5.74) is 8.93. The van der Waals surface area contributed by atoms with E-state index in [1.807, 2.05) is 19.1 Å². The molecule has 0 heterocycles. The van der Waals surface area contributed by atoms with E-state index in [-0.39, 0.29) is 11.9 Å². The predicted octanol–water partition coefficient (Wildman–Crippen LogP) is 3.76. The third kappa shape index (κ3) is 2.89. The molecule has 2 rings (SSSR count). The highest BCUT2D eigenvalue weighted by Crippen LogP contribution is 2.23. The molecule has 1 atom stereocenters. The summed E-state index contributed by atoms with van der Waals surface area (Å²) in [4.78, 5) is 0. The number of anilines is 2. The molecule has 1 unspecified atom stereocenters. The van der Waals surface area contributed by atoms with Crippen LogP contribution in [-0.2, 0) is 0 Å². The molecule has 3 N–H and O–H groups in total. The number of nitrogens with two attached hydrogens (primary N) is 1. The molecule has 0 radical (unpaired) electrons. The fourth-order valence-electron chi connectivity index (χ4n) is 1.97. The van der Waals surface area contributed by atoms with Crippen molar-refractivity contribution in [3.63, 3.8) is 0 Å². The molecule has 0 saturated heterocycles. The summed E-state index contributed by atoms with van der Waals surface area (Å²) >= 11 is 0. The molecule has 2 aromatic rings. The fourth-order valence-corrected chi connectivity index (χ4v) is 1.97. The van der Waals surface area contributed by atoms with Crippen molar-refractivity contribution in [3.8, 4) is 6.07 Å². The van der Waals surface area contributed by atoms with E-state index in [0.717, 1.165) is 11.3 Å². The molecule has 2 aromatic carbocycles. The van der Waals surface area contributed by atoms with Crippen LogP contribution in [-0.4, -0.2) is 0 Å². The molecule has 102 valence electrons. The molecule has 0 aliphatic heterocycles. The molecule has 0 spiro atoms. The number of nitrogen functional groups attached to an aromatic ring is 1. The molecule has 0 aromatic heterocycles. The standard InChI is InChI=1S/C16H16FN3/c1-10-3-4-12(7-15(10)17)11(2)20-14-6-5-13(9-18)16(19)8-14/h3-8,11,20H,19H2,1-2H3. The van der Waals surface area contributed by atoms with Gasteiger partial charge in [0.2, 0.25) is 0 Å². The van der Waals surface area contributed by atoms with Crippen molar-refractivity contribution < 1.29 is 4.39 Å². The van der Waals surface area contributed by atoms with E-state index in [4.69, 9.17) is 11.0 Å². The second-order valence-corrected chi connectivity index (χ2v) is 4.79. The van der Waals surface area contributed by atoms with Gasteiger partial charge in [0.05, 0.1) is 11.3 Å². The Bertz CT molecular complexity index is 674. The Morgan fingerprint density at radius 3 is 2.60 bits per heavy atom. The summed E-state index contributed by atoms with van der Waals surface area (Å²) in [7, 11) is 0. The lowest BCUT2D eigenvalue weighted by Gasteiger charge is -2.17. The van der Waals surface area contributed by atoms with Gasteiger partial charge in [-0.1, -0.05) is 12.1 Å². The number of aryl methyl sites for hydroxylation is 1. The lowest BCUT2D eigenvalue weighted by molar-refractivity contribution is 0.614. The smallest absolute Gasteiger partial charge is 0.126 e. The highest BCUT2D eigenvalue weighted by molar-refractivity contribution is 5.63. The van der Waals surface area contributed by atoms with E-state index in [9.17, 15) is 4.39 Å². The van der Waals surface area contributed by atoms with Gasteiger partial charge in [-0.3, -0.25) is 0 Å². The van der Waals surface area contributed by atoms with E-state index >= 15 is 0 Å². The quantitative estimate of drug-likeness (QED) is 0.834. The topological polar surface area (TPSA) is 61.8 Å². The minimum Gasteiger partial charge on any atom is -0.398 e. The second-order valence-electron chi connectivity index (χ2n) is 4.79. The highest BCUT2D eigenvalue weighted by Gasteiger charge is 2.08. The number of rotatable bonds is 3. The predicted molar refractivity (Wildman–Crippen MR) is 78.7 cm³/mol. The van der Waals surface area contributed by atoms with Gasteiger partial charge in [-0.25, -0.2) is 4.39 Å². The van der Waals surface area contributed by atoms with Gasteiger partial charge < -0.3 is 11.1 Å². The van der Waals surface area contributed by atoms with E-state index in [1.165, 1.54) is 6.07 Å². The van der Waals surface area contributed by atoms with Crippen molar-refractivity contribution in [2.75, 3.05) is 11.1 Å². The zero-order chi connectivity index (χ0) is 14.7. The first-order valence-electron chi connectivity index (χ1n) is 6.33. The Balaban J connectivity index is 2.19. The first-order chi connectivity index (χ1) is 9.51. The number of nitriles is 1. The van der Waals surface area contributed by atoms with Gasteiger partial charge in [0.1, 0.15) is 11.9 Å². The van der Waals surface area contributed by atoms with E-state index < -0.39 is 0 Å². The van der Waals surface area contributed by atoms with Crippen molar-refractivity contribution in [2.24, 2.45) is 0 Å². The van der Waals surface area contributed by atoms with Crippen LogP contribution in [0.4, 0.5) is 15.8 Å². The molecular weight excluding hydrogens is 253 g/mol. The highest BCUT2D eigenvalue weighted by atomic mass is 19.1. The van der Waals surface area contributed by atoms with Crippen molar-refractivity contribution in [1.82, 2.24) is 0 Å². The maximum Gasteiger partial charge on any atom is 0.126 e. The van der Waals surface area contributed by atoms with Crippen LogP contribution < -0.4 is 11.1 Å². The van der Waals surface area contributed by atoms with Crippen LogP contribution in [0.2, 0.25) is 0 Å². The van der Waals surface area contributed by atoms with Crippen LogP contribution in [0.3, 0.4) is 0 Å². The van der Waals surface area contributed by atoms with Gasteiger partial charge >= 0.3 is 0 Å². The van der Waals surface area contributed by atoms with Crippen LogP contribution in [0.15, 0.2) is 36.4 Å². The first-order valence-corrected chi connectivity index (χ1v) is 6.33. The van der Waals surface area contributed by atoms with Crippen LogP contribution in [0, 0.1) is 24.1 Å². The van der Waals surface area contributed by atoms with Gasteiger partial charge in [0.25, 0.3) is 0 Å². The van der Waals surface area contributed by atoms with Gasteiger partial charge in [0, 0.05) is 11.7 Å². The number of hydrogen-bond acceptors (Lipinski definition) is 3. The minimum absolute atomic E-state index is 0.0579. The van der Waals surface area contributed by atoms with Crippen LogP contribution in [0.5, 0.6) is 0 Å². The molecular formula is C16H16FN3. The molecule has 20 heavy (non-hydrogen) atoms.